The van der Waals surface area contributed by atoms with Crippen LogP contribution in [0.4, 0.5) is 11.5 Å². The second-order valence-electron chi connectivity index (χ2n) is 3.73. The van der Waals surface area contributed by atoms with Gasteiger partial charge in [0.2, 0.25) is 5.82 Å². The second-order valence-corrected chi connectivity index (χ2v) is 3.73. The number of nitrogens with two attached hydrogens (primary N) is 1. The molecule has 0 amide bonds. The summed E-state index contributed by atoms with van der Waals surface area (Å²) in [5.41, 5.74) is 6.26. The summed E-state index contributed by atoms with van der Waals surface area (Å²) in [5.74, 6) is 0.318. The van der Waals surface area contributed by atoms with E-state index in [1.54, 1.807) is 19.2 Å². The van der Waals surface area contributed by atoms with Gasteiger partial charge in [0.1, 0.15) is 0 Å². The Bertz CT molecular complexity index is 407. The predicted molar refractivity (Wildman–Crippen MR) is 55.6 cm³/mol. The molecule has 1 aromatic heterocycles. The van der Waals surface area contributed by atoms with E-state index in [-0.39, 0.29) is 17.8 Å². The van der Waals surface area contributed by atoms with Crippen molar-refractivity contribution >= 4 is 11.5 Å². The molecule has 1 aromatic rings. The molecule has 15 heavy (non-hydrogen) atoms. The molecule has 1 fully saturated rings. The quantitative estimate of drug-likeness (QED) is 0.566. The van der Waals surface area contributed by atoms with Gasteiger partial charge in [-0.3, -0.25) is 10.1 Å². The van der Waals surface area contributed by atoms with E-state index in [0.29, 0.717) is 11.4 Å². The van der Waals surface area contributed by atoms with Crippen LogP contribution in [0.3, 0.4) is 0 Å². The fourth-order valence-electron chi connectivity index (χ4n) is 1.44. The van der Waals surface area contributed by atoms with Crippen molar-refractivity contribution < 1.29 is 4.92 Å². The van der Waals surface area contributed by atoms with Gasteiger partial charge in [-0.1, -0.05) is 0 Å². The van der Waals surface area contributed by atoms with E-state index in [1.165, 1.54) is 0 Å². The van der Waals surface area contributed by atoms with E-state index in [9.17, 15) is 10.1 Å². The normalized spacial score (nSPS) is 23.6. The molecule has 0 radical (unpaired) electrons. The van der Waals surface area contributed by atoms with Gasteiger partial charge >= 0.3 is 5.69 Å². The van der Waals surface area contributed by atoms with E-state index in [1.807, 2.05) is 0 Å². The van der Waals surface area contributed by atoms with Gasteiger partial charge in [0.05, 0.1) is 4.92 Å². The number of nitro groups is 1. The summed E-state index contributed by atoms with van der Waals surface area (Å²) in [6.45, 7) is 1.69. The number of hydrogen-bond acceptors (Lipinski definition) is 5. The summed E-state index contributed by atoms with van der Waals surface area (Å²) in [7, 11) is 0. The molecule has 6 nitrogen and oxygen atoms in total. The van der Waals surface area contributed by atoms with Crippen molar-refractivity contribution in [2.75, 3.05) is 5.32 Å². The van der Waals surface area contributed by atoms with E-state index >= 15 is 0 Å². The number of pyridine rings is 1. The Morgan fingerprint density at radius 3 is 2.93 bits per heavy atom. The molecule has 0 spiro atoms. The Kier molecular flexibility index (Phi) is 2.28. The van der Waals surface area contributed by atoms with Gasteiger partial charge in [0, 0.05) is 23.8 Å². The van der Waals surface area contributed by atoms with Gasteiger partial charge in [-0.15, -0.1) is 0 Å². The third-order valence-corrected chi connectivity index (χ3v) is 2.47. The second kappa shape index (κ2) is 3.47. The van der Waals surface area contributed by atoms with E-state index in [4.69, 9.17) is 5.73 Å². The van der Waals surface area contributed by atoms with Crippen LogP contribution in [0, 0.1) is 17.0 Å². The SMILES string of the molecule is Cc1ccnc(NC2CC2N)c1[N+](=O)[O-]. The zero-order valence-corrected chi connectivity index (χ0v) is 8.30. The fourth-order valence-corrected chi connectivity index (χ4v) is 1.44. The average molecular weight is 208 g/mol. The first-order chi connectivity index (χ1) is 7.09. The predicted octanol–water partition coefficient (Wildman–Crippen LogP) is 0.810. The van der Waals surface area contributed by atoms with Gasteiger partial charge in [0.25, 0.3) is 0 Å². The molecule has 2 atom stereocenters. The van der Waals surface area contributed by atoms with E-state index in [0.717, 1.165) is 6.42 Å². The minimum atomic E-state index is -0.418. The van der Waals surface area contributed by atoms with Gasteiger partial charge in [0.15, 0.2) is 0 Å². The van der Waals surface area contributed by atoms with Crippen LogP contribution in [0.2, 0.25) is 0 Å². The summed E-state index contributed by atoms with van der Waals surface area (Å²) < 4.78 is 0. The Hall–Kier alpha value is -1.69. The van der Waals surface area contributed by atoms with Gasteiger partial charge < -0.3 is 11.1 Å². The molecule has 0 aliphatic heterocycles. The molecule has 2 rings (SSSR count). The molecular formula is C9H12N4O2. The lowest BCUT2D eigenvalue weighted by Gasteiger charge is -2.05. The van der Waals surface area contributed by atoms with Gasteiger partial charge in [-0.25, -0.2) is 4.98 Å². The Labute approximate surface area is 86.6 Å². The largest absolute Gasteiger partial charge is 0.360 e. The van der Waals surface area contributed by atoms with Crippen LogP contribution in [0.5, 0.6) is 0 Å². The van der Waals surface area contributed by atoms with Crippen molar-refractivity contribution in [3.8, 4) is 0 Å². The Morgan fingerprint density at radius 2 is 2.40 bits per heavy atom. The Balaban J connectivity index is 2.29. The highest BCUT2D eigenvalue weighted by Crippen LogP contribution is 2.30. The lowest BCUT2D eigenvalue weighted by Crippen LogP contribution is -2.15. The average Bonchev–Trinajstić information content (AvgIpc) is 2.81. The number of nitrogens with zero attached hydrogens (tertiary/aromatic N) is 2. The number of hydrogen-bond donors (Lipinski definition) is 2. The van der Waals surface area contributed by atoms with Crippen LogP contribution in [0.15, 0.2) is 12.3 Å². The number of aryl methyl sites for hydroxylation is 1. The van der Waals surface area contributed by atoms with Crippen LogP contribution in [-0.4, -0.2) is 22.0 Å². The maximum atomic E-state index is 10.8. The van der Waals surface area contributed by atoms with Crippen LogP contribution in [0.25, 0.3) is 0 Å². The summed E-state index contributed by atoms with van der Waals surface area (Å²) in [4.78, 5) is 14.4. The summed E-state index contributed by atoms with van der Waals surface area (Å²) in [5, 5.41) is 13.8. The van der Waals surface area contributed by atoms with Crippen LogP contribution >= 0.6 is 0 Å². The first-order valence-corrected chi connectivity index (χ1v) is 4.71. The summed E-state index contributed by atoms with van der Waals surface area (Å²) in [6.07, 6.45) is 2.39. The molecule has 0 saturated heterocycles. The third kappa shape index (κ3) is 1.89. The molecular weight excluding hydrogens is 196 g/mol. The molecule has 1 saturated carbocycles. The summed E-state index contributed by atoms with van der Waals surface area (Å²) in [6, 6.07) is 1.83. The minimum absolute atomic E-state index is 0.0385. The first-order valence-electron chi connectivity index (χ1n) is 4.71. The van der Waals surface area contributed by atoms with Gasteiger partial charge in [-0.2, -0.15) is 0 Å². The van der Waals surface area contributed by atoms with Crippen molar-refractivity contribution in [1.29, 1.82) is 0 Å². The van der Waals surface area contributed by atoms with Crippen molar-refractivity contribution in [1.82, 2.24) is 4.98 Å². The zero-order chi connectivity index (χ0) is 11.0. The van der Waals surface area contributed by atoms with Crippen LogP contribution in [0.1, 0.15) is 12.0 Å². The number of anilines is 1. The van der Waals surface area contributed by atoms with Crippen molar-refractivity contribution in [2.45, 2.75) is 25.4 Å². The molecule has 0 aromatic carbocycles. The van der Waals surface area contributed by atoms with Crippen molar-refractivity contribution in [3.05, 3.63) is 27.9 Å². The summed E-state index contributed by atoms with van der Waals surface area (Å²) >= 11 is 0. The van der Waals surface area contributed by atoms with Crippen LogP contribution in [-0.2, 0) is 0 Å². The lowest BCUT2D eigenvalue weighted by atomic mass is 10.2. The Morgan fingerprint density at radius 1 is 1.73 bits per heavy atom. The lowest BCUT2D eigenvalue weighted by molar-refractivity contribution is -0.384. The highest BCUT2D eigenvalue weighted by atomic mass is 16.6. The number of rotatable bonds is 3. The minimum Gasteiger partial charge on any atom is -0.360 e. The third-order valence-electron chi connectivity index (χ3n) is 2.47. The van der Waals surface area contributed by atoms with Crippen molar-refractivity contribution in [2.24, 2.45) is 5.73 Å². The topological polar surface area (TPSA) is 94.1 Å². The molecule has 0 bridgehead atoms. The van der Waals surface area contributed by atoms with Crippen LogP contribution < -0.4 is 11.1 Å². The standard InChI is InChI=1S/C9H12N4O2/c1-5-2-3-11-9(8(5)13(14)15)12-7-4-6(7)10/h2-3,6-7H,4,10H2,1H3,(H,11,12). The van der Waals surface area contributed by atoms with E-state index < -0.39 is 4.92 Å². The molecule has 1 aliphatic carbocycles. The monoisotopic (exact) mass is 208 g/mol. The molecule has 3 N–H and O–H groups in total. The highest BCUT2D eigenvalue weighted by molar-refractivity contribution is 5.60. The smallest absolute Gasteiger partial charge is 0.314 e. The maximum absolute atomic E-state index is 10.8. The number of nitrogens with one attached hydrogen (secondary N) is 1. The van der Waals surface area contributed by atoms with E-state index in [2.05, 4.69) is 10.3 Å². The highest BCUT2D eigenvalue weighted by Gasteiger charge is 2.35. The zero-order valence-electron chi connectivity index (χ0n) is 8.30. The molecule has 1 aliphatic rings. The molecule has 6 heteroatoms. The molecule has 1 heterocycles. The van der Waals surface area contributed by atoms with Crippen molar-refractivity contribution in [3.63, 3.8) is 0 Å². The maximum Gasteiger partial charge on any atom is 0.314 e. The molecule has 2 unspecified atom stereocenters. The van der Waals surface area contributed by atoms with Gasteiger partial charge in [-0.05, 0) is 19.4 Å². The fraction of sp³-hybridized carbons (Fsp3) is 0.444. The first kappa shape index (κ1) is 9.85. The molecule has 80 valence electrons. The number of aromatic nitrogens is 1.